The Kier molecular flexibility index (Phi) is 4.36. The van der Waals surface area contributed by atoms with Crippen LogP contribution in [0.15, 0.2) is 41.3 Å². The molecule has 0 bridgehead atoms. The quantitative estimate of drug-likeness (QED) is 0.825. The lowest BCUT2D eigenvalue weighted by Gasteiger charge is -2.08. The lowest BCUT2D eigenvalue weighted by atomic mass is 10.1. The molecular weight excluding hydrogens is 264 g/mol. The molecule has 19 heavy (non-hydrogen) atoms. The van der Waals surface area contributed by atoms with E-state index in [9.17, 15) is 9.59 Å². The standard InChI is InChI=1S/C14H13ClN2O2/c15-11-3-1-2-10(8-11)4-6-16-13-5-7-17-14(19)12(13)9-18/h1-3,5,7-9H,4,6H2,(H2,16,17,19). The smallest absolute Gasteiger partial charge is 0.260 e. The average Bonchev–Trinajstić information content (AvgIpc) is 2.39. The number of H-pyrrole nitrogens is 1. The first-order valence-corrected chi connectivity index (χ1v) is 6.23. The second-order valence-corrected chi connectivity index (χ2v) is 4.50. The van der Waals surface area contributed by atoms with Crippen LogP contribution in [-0.2, 0) is 6.42 Å². The van der Waals surface area contributed by atoms with Crippen LogP contribution in [0, 0.1) is 0 Å². The van der Waals surface area contributed by atoms with E-state index in [2.05, 4.69) is 10.3 Å². The van der Waals surface area contributed by atoms with Crippen LogP contribution in [0.5, 0.6) is 0 Å². The predicted octanol–water partition coefficient (Wildman–Crippen LogP) is 2.50. The topological polar surface area (TPSA) is 62.0 Å². The molecule has 4 nitrogen and oxygen atoms in total. The summed E-state index contributed by atoms with van der Waals surface area (Å²) in [6, 6.07) is 9.25. The van der Waals surface area contributed by atoms with Crippen molar-refractivity contribution in [3.05, 3.63) is 63.0 Å². The van der Waals surface area contributed by atoms with Crippen molar-refractivity contribution in [3.8, 4) is 0 Å². The zero-order chi connectivity index (χ0) is 13.7. The number of halogens is 1. The molecule has 98 valence electrons. The minimum atomic E-state index is -0.386. The molecule has 0 aliphatic carbocycles. The van der Waals surface area contributed by atoms with Crippen LogP contribution in [0.3, 0.4) is 0 Å². The second kappa shape index (κ2) is 6.20. The number of aromatic nitrogens is 1. The van der Waals surface area contributed by atoms with Gasteiger partial charge in [0.2, 0.25) is 0 Å². The maximum Gasteiger partial charge on any atom is 0.260 e. The number of hydrogen-bond donors (Lipinski definition) is 2. The highest BCUT2D eigenvalue weighted by molar-refractivity contribution is 6.30. The van der Waals surface area contributed by atoms with Crippen molar-refractivity contribution in [1.29, 1.82) is 0 Å². The van der Waals surface area contributed by atoms with Gasteiger partial charge >= 0.3 is 0 Å². The maximum absolute atomic E-state index is 11.4. The molecule has 0 atom stereocenters. The van der Waals surface area contributed by atoms with Crippen LogP contribution in [0.25, 0.3) is 0 Å². The van der Waals surface area contributed by atoms with Gasteiger partial charge in [0.05, 0.1) is 5.69 Å². The molecule has 5 heteroatoms. The summed E-state index contributed by atoms with van der Waals surface area (Å²) < 4.78 is 0. The molecule has 0 fully saturated rings. The molecule has 1 aromatic heterocycles. The van der Waals surface area contributed by atoms with Gasteiger partial charge in [0.25, 0.3) is 5.56 Å². The largest absolute Gasteiger partial charge is 0.384 e. The lowest BCUT2D eigenvalue weighted by Crippen LogP contribution is -2.16. The fourth-order valence-electron chi connectivity index (χ4n) is 1.80. The van der Waals surface area contributed by atoms with E-state index >= 15 is 0 Å². The molecule has 2 rings (SSSR count). The third-order valence-corrected chi connectivity index (χ3v) is 2.97. The highest BCUT2D eigenvalue weighted by Crippen LogP contribution is 2.12. The zero-order valence-corrected chi connectivity index (χ0v) is 10.9. The molecule has 2 N–H and O–H groups in total. The summed E-state index contributed by atoms with van der Waals surface area (Å²) in [5, 5.41) is 3.78. The van der Waals surface area contributed by atoms with E-state index in [4.69, 9.17) is 11.6 Å². The van der Waals surface area contributed by atoms with Gasteiger partial charge in [-0.2, -0.15) is 0 Å². The van der Waals surface area contributed by atoms with Crippen molar-refractivity contribution in [1.82, 2.24) is 4.98 Å². The molecular formula is C14H13ClN2O2. The van der Waals surface area contributed by atoms with Crippen molar-refractivity contribution < 1.29 is 4.79 Å². The van der Waals surface area contributed by atoms with Crippen LogP contribution in [0.1, 0.15) is 15.9 Å². The van der Waals surface area contributed by atoms with Gasteiger partial charge in [-0.05, 0) is 30.2 Å². The number of pyridine rings is 1. The van der Waals surface area contributed by atoms with Crippen molar-refractivity contribution in [2.45, 2.75) is 6.42 Å². The Morgan fingerprint density at radius 1 is 1.32 bits per heavy atom. The first kappa shape index (κ1) is 13.4. The minimum absolute atomic E-state index is 0.119. The number of benzene rings is 1. The Morgan fingerprint density at radius 2 is 2.16 bits per heavy atom. The second-order valence-electron chi connectivity index (χ2n) is 4.06. The van der Waals surface area contributed by atoms with E-state index in [1.54, 1.807) is 6.07 Å². The molecule has 1 heterocycles. The summed E-state index contributed by atoms with van der Waals surface area (Å²) in [6.45, 7) is 0.616. The van der Waals surface area contributed by atoms with Gasteiger partial charge in [0, 0.05) is 17.8 Å². The van der Waals surface area contributed by atoms with E-state index in [1.165, 1.54) is 6.20 Å². The fourth-order valence-corrected chi connectivity index (χ4v) is 2.01. The number of hydrogen-bond acceptors (Lipinski definition) is 3. The fraction of sp³-hybridized carbons (Fsp3) is 0.143. The van der Waals surface area contributed by atoms with Crippen LogP contribution in [0.2, 0.25) is 5.02 Å². The normalized spacial score (nSPS) is 10.2. The van der Waals surface area contributed by atoms with E-state index in [-0.39, 0.29) is 11.1 Å². The SMILES string of the molecule is O=Cc1c(NCCc2cccc(Cl)c2)cc[nH]c1=O. The third-order valence-electron chi connectivity index (χ3n) is 2.74. The Hall–Kier alpha value is -2.07. The van der Waals surface area contributed by atoms with E-state index in [0.717, 1.165) is 12.0 Å². The summed E-state index contributed by atoms with van der Waals surface area (Å²) in [5.74, 6) is 0. The van der Waals surface area contributed by atoms with Crippen LogP contribution >= 0.6 is 11.6 Å². The highest BCUT2D eigenvalue weighted by Gasteiger charge is 2.04. The number of carbonyl (C=O) groups is 1. The van der Waals surface area contributed by atoms with Gasteiger partial charge in [-0.25, -0.2) is 0 Å². The Bertz CT molecular complexity index is 637. The Labute approximate surface area is 115 Å². The van der Waals surface area contributed by atoms with E-state index in [0.29, 0.717) is 23.5 Å². The third kappa shape index (κ3) is 3.45. The number of nitrogens with one attached hydrogen (secondary N) is 2. The van der Waals surface area contributed by atoms with E-state index in [1.807, 2.05) is 24.3 Å². The van der Waals surface area contributed by atoms with Crippen molar-refractivity contribution >= 4 is 23.6 Å². The van der Waals surface area contributed by atoms with Gasteiger partial charge in [-0.15, -0.1) is 0 Å². The molecule has 0 radical (unpaired) electrons. The van der Waals surface area contributed by atoms with Crippen molar-refractivity contribution in [2.24, 2.45) is 0 Å². The lowest BCUT2D eigenvalue weighted by molar-refractivity contribution is 0.112. The van der Waals surface area contributed by atoms with E-state index < -0.39 is 0 Å². The molecule has 0 spiro atoms. The summed E-state index contributed by atoms with van der Waals surface area (Å²) >= 11 is 5.90. The van der Waals surface area contributed by atoms with Crippen LogP contribution in [-0.4, -0.2) is 17.8 Å². The Morgan fingerprint density at radius 3 is 2.89 bits per heavy atom. The predicted molar refractivity (Wildman–Crippen MR) is 76.1 cm³/mol. The Balaban J connectivity index is 2.02. The minimum Gasteiger partial charge on any atom is -0.384 e. The van der Waals surface area contributed by atoms with Gasteiger partial charge in [0.1, 0.15) is 5.56 Å². The number of carbonyl (C=O) groups excluding carboxylic acids is 1. The number of anilines is 1. The van der Waals surface area contributed by atoms with Gasteiger partial charge in [0.15, 0.2) is 6.29 Å². The average molecular weight is 277 g/mol. The molecule has 0 aliphatic heterocycles. The highest BCUT2D eigenvalue weighted by atomic mass is 35.5. The van der Waals surface area contributed by atoms with Gasteiger partial charge in [-0.1, -0.05) is 23.7 Å². The molecule has 2 aromatic rings. The molecule has 0 saturated carbocycles. The summed E-state index contributed by atoms with van der Waals surface area (Å²) in [6.07, 6.45) is 2.82. The van der Waals surface area contributed by atoms with Gasteiger partial charge in [-0.3, -0.25) is 9.59 Å². The van der Waals surface area contributed by atoms with Crippen molar-refractivity contribution in [3.63, 3.8) is 0 Å². The number of aldehydes is 1. The number of rotatable bonds is 5. The summed E-state index contributed by atoms with van der Waals surface area (Å²) in [5.41, 5.74) is 1.37. The maximum atomic E-state index is 11.4. The van der Waals surface area contributed by atoms with Crippen LogP contribution < -0.4 is 10.9 Å². The molecule has 0 unspecified atom stereocenters. The molecule has 0 amide bonds. The molecule has 0 saturated heterocycles. The molecule has 1 aromatic carbocycles. The first-order chi connectivity index (χ1) is 9.20. The summed E-state index contributed by atoms with van der Waals surface area (Å²) in [4.78, 5) is 24.7. The van der Waals surface area contributed by atoms with Crippen molar-refractivity contribution in [2.75, 3.05) is 11.9 Å². The molecule has 0 aliphatic rings. The number of aromatic amines is 1. The first-order valence-electron chi connectivity index (χ1n) is 5.86. The summed E-state index contributed by atoms with van der Waals surface area (Å²) in [7, 11) is 0. The van der Waals surface area contributed by atoms with Crippen LogP contribution in [0.4, 0.5) is 5.69 Å². The zero-order valence-electron chi connectivity index (χ0n) is 10.2. The monoisotopic (exact) mass is 276 g/mol. The van der Waals surface area contributed by atoms with Gasteiger partial charge < -0.3 is 10.3 Å².